The summed E-state index contributed by atoms with van der Waals surface area (Å²) >= 11 is 0. The van der Waals surface area contributed by atoms with E-state index in [0.29, 0.717) is 6.04 Å². The van der Waals surface area contributed by atoms with E-state index in [1.165, 1.54) is 18.5 Å². The first-order valence-corrected chi connectivity index (χ1v) is 7.77. The van der Waals surface area contributed by atoms with Crippen LogP contribution in [0.15, 0.2) is 30.3 Å². The Kier molecular flexibility index (Phi) is 5.19. The normalized spacial score (nSPS) is 23.9. The van der Waals surface area contributed by atoms with Gasteiger partial charge in [0.25, 0.3) is 0 Å². The fourth-order valence-electron chi connectivity index (χ4n) is 3.14. The van der Waals surface area contributed by atoms with E-state index in [0.717, 1.165) is 26.1 Å². The summed E-state index contributed by atoms with van der Waals surface area (Å²) in [6.07, 6.45) is 2.29. The molecule has 0 aromatic heterocycles. The van der Waals surface area contributed by atoms with Crippen LogP contribution in [0.3, 0.4) is 0 Å². The maximum atomic E-state index is 6.13. The van der Waals surface area contributed by atoms with Crippen molar-refractivity contribution in [2.75, 3.05) is 33.2 Å². The minimum Gasteiger partial charge on any atom is -0.329 e. The van der Waals surface area contributed by atoms with Crippen LogP contribution in [0, 0.1) is 0 Å². The van der Waals surface area contributed by atoms with E-state index in [9.17, 15) is 0 Å². The molecule has 1 heterocycles. The van der Waals surface area contributed by atoms with Crippen molar-refractivity contribution >= 4 is 0 Å². The van der Waals surface area contributed by atoms with Crippen molar-refractivity contribution in [1.82, 2.24) is 9.80 Å². The molecule has 1 atom stereocenters. The number of nitrogens with two attached hydrogens (primary N) is 1. The highest BCUT2D eigenvalue weighted by Gasteiger charge is 2.40. The summed E-state index contributed by atoms with van der Waals surface area (Å²) < 4.78 is 0. The molecule has 0 saturated carbocycles. The second kappa shape index (κ2) is 6.70. The molecule has 2 rings (SSSR count). The highest BCUT2D eigenvalue weighted by molar-refractivity contribution is 5.15. The zero-order valence-electron chi connectivity index (χ0n) is 13.2. The molecule has 1 aliphatic heterocycles. The Morgan fingerprint density at radius 3 is 2.55 bits per heavy atom. The van der Waals surface area contributed by atoms with E-state index in [2.05, 4.69) is 61.0 Å². The third kappa shape index (κ3) is 3.40. The Morgan fingerprint density at radius 2 is 2.00 bits per heavy atom. The first-order valence-electron chi connectivity index (χ1n) is 7.77. The smallest absolute Gasteiger partial charge is 0.0467 e. The fourth-order valence-corrected chi connectivity index (χ4v) is 3.14. The van der Waals surface area contributed by atoms with Gasteiger partial charge in [0, 0.05) is 37.8 Å². The summed E-state index contributed by atoms with van der Waals surface area (Å²) in [7, 11) is 2.24. The lowest BCUT2D eigenvalue weighted by Gasteiger charge is -2.38. The van der Waals surface area contributed by atoms with Crippen LogP contribution in [-0.2, 0) is 6.42 Å². The van der Waals surface area contributed by atoms with Crippen LogP contribution in [0.4, 0.5) is 0 Å². The zero-order chi connectivity index (χ0) is 14.6. The lowest BCUT2D eigenvalue weighted by molar-refractivity contribution is 0.124. The Balaban J connectivity index is 1.94. The van der Waals surface area contributed by atoms with Crippen LogP contribution in [-0.4, -0.2) is 54.6 Å². The quantitative estimate of drug-likeness (QED) is 0.861. The molecule has 0 amide bonds. The second-order valence-corrected chi connectivity index (χ2v) is 6.40. The van der Waals surface area contributed by atoms with Crippen molar-refractivity contribution in [3.8, 4) is 0 Å². The maximum absolute atomic E-state index is 6.13. The molecule has 1 aromatic carbocycles. The minimum atomic E-state index is 0.166. The highest BCUT2D eigenvalue weighted by atomic mass is 15.3. The highest BCUT2D eigenvalue weighted by Crippen LogP contribution is 2.27. The number of hydrogen-bond donors (Lipinski definition) is 1. The average molecular weight is 275 g/mol. The molecule has 1 aliphatic rings. The molecule has 1 fully saturated rings. The number of nitrogens with zero attached hydrogens (tertiary/aromatic N) is 2. The van der Waals surface area contributed by atoms with E-state index in [4.69, 9.17) is 5.73 Å². The van der Waals surface area contributed by atoms with Gasteiger partial charge in [-0.3, -0.25) is 9.80 Å². The third-order valence-electron chi connectivity index (χ3n) is 4.86. The van der Waals surface area contributed by atoms with Crippen molar-refractivity contribution in [1.29, 1.82) is 0 Å². The Morgan fingerprint density at radius 1 is 1.30 bits per heavy atom. The van der Waals surface area contributed by atoms with Crippen LogP contribution in [0.5, 0.6) is 0 Å². The molecule has 1 saturated heterocycles. The van der Waals surface area contributed by atoms with Gasteiger partial charge in [-0.1, -0.05) is 30.3 Å². The number of rotatable bonds is 6. The summed E-state index contributed by atoms with van der Waals surface area (Å²) in [5.74, 6) is 0. The predicted molar refractivity (Wildman–Crippen MR) is 85.9 cm³/mol. The molecule has 0 aliphatic carbocycles. The second-order valence-electron chi connectivity index (χ2n) is 6.40. The Bertz CT molecular complexity index is 404. The van der Waals surface area contributed by atoms with Crippen molar-refractivity contribution in [3.63, 3.8) is 0 Å². The number of benzene rings is 1. The van der Waals surface area contributed by atoms with Gasteiger partial charge in [-0.25, -0.2) is 0 Å². The molecule has 3 nitrogen and oxygen atoms in total. The van der Waals surface area contributed by atoms with Crippen LogP contribution in [0.25, 0.3) is 0 Å². The van der Waals surface area contributed by atoms with E-state index in [1.807, 2.05) is 0 Å². The molecule has 0 spiro atoms. The van der Waals surface area contributed by atoms with E-state index in [-0.39, 0.29) is 5.54 Å². The molecule has 112 valence electrons. The molecular weight excluding hydrogens is 246 g/mol. The SMILES string of the molecule is CC(C)N1CCC(CN)(N(C)CCc2ccccc2)C1. The maximum Gasteiger partial charge on any atom is 0.0467 e. The van der Waals surface area contributed by atoms with Crippen molar-refractivity contribution in [2.45, 2.75) is 38.3 Å². The molecule has 2 N–H and O–H groups in total. The molecule has 1 aromatic rings. The average Bonchev–Trinajstić information content (AvgIpc) is 2.92. The van der Waals surface area contributed by atoms with Gasteiger partial charge in [0.2, 0.25) is 0 Å². The molecule has 0 bridgehead atoms. The van der Waals surface area contributed by atoms with E-state index >= 15 is 0 Å². The van der Waals surface area contributed by atoms with Gasteiger partial charge in [-0.15, -0.1) is 0 Å². The number of likely N-dealkylation sites (tertiary alicyclic amines) is 1. The van der Waals surface area contributed by atoms with Gasteiger partial charge < -0.3 is 5.73 Å². The Labute approximate surface area is 123 Å². The molecule has 0 radical (unpaired) electrons. The van der Waals surface area contributed by atoms with Crippen LogP contribution in [0.1, 0.15) is 25.8 Å². The van der Waals surface area contributed by atoms with Crippen LogP contribution < -0.4 is 5.73 Å². The van der Waals surface area contributed by atoms with E-state index in [1.54, 1.807) is 0 Å². The number of hydrogen-bond acceptors (Lipinski definition) is 3. The molecule has 20 heavy (non-hydrogen) atoms. The fraction of sp³-hybridized carbons (Fsp3) is 0.647. The third-order valence-corrected chi connectivity index (χ3v) is 4.86. The first kappa shape index (κ1) is 15.5. The van der Waals surface area contributed by atoms with Gasteiger partial charge in [0.05, 0.1) is 0 Å². The van der Waals surface area contributed by atoms with Gasteiger partial charge >= 0.3 is 0 Å². The summed E-state index contributed by atoms with van der Waals surface area (Å²) in [5.41, 5.74) is 7.71. The summed E-state index contributed by atoms with van der Waals surface area (Å²) in [5, 5.41) is 0. The van der Waals surface area contributed by atoms with Gasteiger partial charge in [0.15, 0.2) is 0 Å². The minimum absolute atomic E-state index is 0.166. The molecule has 1 unspecified atom stereocenters. The van der Waals surface area contributed by atoms with Crippen molar-refractivity contribution in [3.05, 3.63) is 35.9 Å². The van der Waals surface area contributed by atoms with Gasteiger partial charge in [-0.05, 0) is 39.3 Å². The molecule has 3 heteroatoms. The lowest BCUT2D eigenvalue weighted by atomic mass is 9.96. The van der Waals surface area contributed by atoms with Crippen LogP contribution in [0.2, 0.25) is 0 Å². The standard InChI is InChI=1S/C17H29N3/c1-15(2)20-12-10-17(13-18,14-20)19(3)11-9-16-7-5-4-6-8-16/h4-8,15H,9-14,18H2,1-3H3. The predicted octanol–water partition coefficient (Wildman–Crippen LogP) is 1.97. The van der Waals surface area contributed by atoms with Crippen molar-refractivity contribution < 1.29 is 0 Å². The van der Waals surface area contributed by atoms with Gasteiger partial charge in [-0.2, -0.15) is 0 Å². The summed E-state index contributed by atoms with van der Waals surface area (Å²) in [6, 6.07) is 11.3. The van der Waals surface area contributed by atoms with E-state index < -0.39 is 0 Å². The van der Waals surface area contributed by atoms with Gasteiger partial charge in [0.1, 0.15) is 0 Å². The van der Waals surface area contributed by atoms with Crippen LogP contribution >= 0.6 is 0 Å². The molecular formula is C17H29N3. The van der Waals surface area contributed by atoms with Crippen molar-refractivity contribution in [2.24, 2.45) is 5.73 Å². The Hall–Kier alpha value is -0.900. The largest absolute Gasteiger partial charge is 0.329 e. The lowest BCUT2D eigenvalue weighted by Crippen LogP contribution is -2.54. The monoisotopic (exact) mass is 275 g/mol. The summed E-state index contributed by atoms with van der Waals surface area (Å²) in [6.45, 7) is 8.65. The topological polar surface area (TPSA) is 32.5 Å². The summed E-state index contributed by atoms with van der Waals surface area (Å²) in [4.78, 5) is 5.04. The first-order chi connectivity index (χ1) is 9.57. The number of likely N-dealkylation sites (N-methyl/N-ethyl adjacent to an activating group) is 1. The zero-order valence-corrected chi connectivity index (χ0v) is 13.2.